The van der Waals surface area contributed by atoms with Crippen LogP contribution in [0.5, 0.6) is 0 Å². The highest BCUT2D eigenvalue weighted by molar-refractivity contribution is 9.10. The maximum absolute atomic E-state index is 13.9. The van der Waals surface area contributed by atoms with Gasteiger partial charge in [-0.3, -0.25) is 9.59 Å². The molecule has 1 atom stereocenters. The highest BCUT2D eigenvalue weighted by atomic mass is 79.9. The Kier molecular flexibility index (Phi) is 7.66. The summed E-state index contributed by atoms with van der Waals surface area (Å²) in [6.45, 7) is 1.70. The highest BCUT2D eigenvalue weighted by Crippen LogP contribution is 2.27. The van der Waals surface area contributed by atoms with Crippen molar-refractivity contribution in [3.63, 3.8) is 0 Å². The molecule has 164 valence electrons. The van der Waals surface area contributed by atoms with E-state index in [9.17, 15) is 23.9 Å². The smallest absolute Gasteiger partial charge is 0.336 e. The molecule has 0 aromatic heterocycles. The monoisotopic (exact) mass is 516 g/mol. The molecule has 1 unspecified atom stereocenters. The Hall–Kier alpha value is -3.17. The lowest BCUT2D eigenvalue weighted by Gasteiger charge is -2.13. The molecule has 0 saturated carbocycles. The minimum Gasteiger partial charge on any atom is -0.478 e. The summed E-state index contributed by atoms with van der Waals surface area (Å²) in [5, 5.41) is 14.0. The van der Waals surface area contributed by atoms with Gasteiger partial charge in [-0.05, 0) is 61.5 Å². The van der Waals surface area contributed by atoms with E-state index in [-0.39, 0.29) is 22.7 Å². The number of anilines is 2. The minimum atomic E-state index is -1.18. The molecule has 0 fully saturated rings. The summed E-state index contributed by atoms with van der Waals surface area (Å²) in [6.07, 6.45) is 0. The van der Waals surface area contributed by atoms with Crippen molar-refractivity contribution in [1.29, 1.82) is 0 Å². The second-order valence-corrected chi connectivity index (χ2v) is 9.03. The van der Waals surface area contributed by atoms with Gasteiger partial charge in [-0.15, -0.1) is 11.8 Å². The molecule has 0 saturated heterocycles. The molecule has 0 radical (unpaired) electrons. The molecule has 3 aromatic carbocycles. The van der Waals surface area contributed by atoms with Crippen LogP contribution in [0.25, 0.3) is 0 Å². The summed E-state index contributed by atoms with van der Waals surface area (Å²) in [5.41, 5.74) is 0.557. The van der Waals surface area contributed by atoms with Gasteiger partial charge in [0.15, 0.2) is 0 Å². The second kappa shape index (κ2) is 10.4. The molecule has 9 heteroatoms. The zero-order valence-corrected chi connectivity index (χ0v) is 19.2. The number of benzene rings is 3. The van der Waals surface area contributed by atoms with E-state index in [1.54, 1.807) is 49.4 Å². The van der Waals surface area contributed by atoms with Gasteiger partial charge in [-0.2, -0.15) is 0 Å². The molecule has 0 spiro atoms. The number of carbonyl (C=O) groups is 3. The van der Waals surface area contributed by atoms with Gasteiger partial charge in [-0.1, -0.05) is 28.1 Å². The predicted octanol–water partition coefficient (Wildman–Crippen LogP) is 5.66. The molecule has 0 heterocycles. The molecular weight excluding hydrogens is 499 g/mol. The van der Waals surface area contributed by atoms with Crippen LogP contribution in [0.15, 0.2) is 76.1 Å². The summed E-state index contributed by atoms with van der Waals surface area (Å²) < 4.78 is 14.5. The van der Waals surface area contributed by atoms with E-state index in [1.807, 2.05) is 0 Å². The normalized spacial score (nSPS) is 11.5. The number of halogens is 2. The standard InChI is InChI=1S/C23H18BrFN2O4S/c1-13(21(28)27-20-11-6-14(24)12-19(20)25)32-16-9-7-15(8-10-16)26-22(29)17-4-2-3-5-18(17)23(30)31/h2-13H,1H3,(H,26,29)(H,27,28)(H,30,31). The Morgan fingerprint density at radius 2 is 1.62 bits per heavy atom. The number of nitrogens with one attached hydrogen (secondary N) is 2. The topological polar surface area (TPSA) is 95.5 Å². The molecular formula is C23H18BrFN2O4S. The van der Waals surface area contributed by atoms with Crippen LogP contribution in [-0.4, -0.2) is 28.1 Å². The van der Waals surface area contributed by atoms with E-state index in [4.69, 9.17) is 0 Å². The van der Waals surface area contributed by atoms with E-state index < -0.39 is 22.9 Å². The first kappa shape index (κ1) is 23.5. The molecule has 3 aromatic rings. The van der Waals surface area contributed by atoms with Crippen LogP contribution in [0.4, 0.5) is 15.8 Å². The second-order valence-electron chi connectivity index (χ2n) is 6.70. The van der Waals surface area contributed by atoms with Gasteiger partial charge in [0.1, 0.15) is 5.82 Å². The Labute approximate surface area is 196 Å². The summed E-state index contributed by atoms with van der Waals surface area (Å²) in [7, 11) is 0. The van der Waals surface area contributed by atoms with E-state index in [0.717, 1.165) is 4.90 Å². The number of carbonyl (C=O) groups excluding carboxylic acids is 2. The van der Waals surface area contributed by atoms with Crippen LogP contribution < -0.4 is 10.6 Å². The first-order valence-corrected chi connectivity index (χ1v) is 11.1. The van der Waals surface area contributed by atoms with Crippen LogP contribution in [0.3, 0.4) is 0 Å². The van der Waals surface area contributed by atoms with Crippen molar-refractivity contribution in [2.75, 3.05) is 10.6 Å². The number of carboxylic acid groups (broad SMARTS) is 1. The van der Waals surface area contributed by atoms with Crippen molar-refractivity contribution in [2.45, 2.75) is 17.1 Å². The summed E-state index contributed by atoms with van der Waals surface area (Å²) in [6, 6.07) is 17.1. The fourth-order valence-corrected chi connectivity index (χ4v) is 3.97. The van der Waals surface area contributed by atoms with Crippen LogP contribution >= 0.6 is 27.7 Å². The Bertz CT molecular complexity index is 1170. The SMILES string of the molecule is CC(Sc1ccc(NC(=O)c2ccccc2C(=O)O)cc1)C(=O)Nc1ccc(Br)cc1F. The number of aromatic carboxylic acids is 1. The number of hydrogen-bond donors (Lipinski definition) is 3. The van der Waals surface area contributed by atoms with E-state index in [0.29, 0.717) is 10.2 Å². The van der Waals surface area contributed by atoms with E-state index >= 15 is 0 Å². The third-order valence-electron chi connectivity index (χ3n) is 4.39. The fraction of sp³-hybridized carbons (Fsp3) is 0.0870. The van der Waals surface area contributed by atoms with Crippen LogP contribution in [-0.2, 0) is 4.79 Å². The highest BCUT2D eigenvalue weighted by Gasteiger charge is 2.18. The average molecular weight is 517 g/mol. The largest absolute Gasteiger partial charge is 0.478 e. The third-order valence-corrected chi connectivity index (χ3v) is 5.99. The molecule has 0 aliphatic heterocycles. The zero-order valence-electron chi connectivity index (χ0n) is 16.8. The van der Waals surface area contributed by atoms with Crippen molar-refractivity contribution < 1.29 is 23.9 Å². The Balaban J connectivity index is 1.61. The molecule has 0 bridgehead atoms. The fourth-order valence-electron chi connectivity index (χ4n) is 2.77. The zero-order chi connectivity index (χ0) is 23.3. The van der Waals surface area contributed by atoms with Crippen LogP contribution in [0.2, 0.25) is 0 Å². The molecule has 2 amide bonds. The van der Waals surface area contributed by atoms with Gasteiger partial charge < -0.3 is 15.7 Å². The Morgan fingerprint density at radius 1 is 0.969 bits per heavy atom. The number of amides is 2. The van der Waals surface area contributed by atoms with Gasteiger partial charge in [0, 0.05) is 15.1 Å². The first-order valence-electron chi connectivity index (χ1n) is 9.41. The van der Waals surface area contributed by atoms with Gasteiger partial charge in [0.25, 0.3) is 5.91 Å². The maximum Gasteiger partial charge on any atom is 0.336 e. The van der Waals surface area contributed by atoms with Gasteiger partial charge in [0.05, 0.1) is 22.1 Å². The van der Waals surface area contributed by atoms with Gasteiger partial charge >= 0.3 is 5.97 Å². The van der Waals surface area contributed by atoms with Crippen LogP contribution in [0.1, 0.15) is 27.6 Å². The lowest BCUT2D eigenvalue weighted by Crippen LogP contribution is -2.22. The summed E-state index contributed by atoms with van der Waals surface area (Å²) in [4.78, 5) is 36.9. The number of thioether (sulfide) groups is 1. The van der Waals surface area contributed by atoms with Gasteiger partial charge in [0.2, 0.25) is 5.91 Å². The summed E-state index contributed by atoms with van der Waals surface area (Å²) >= 11 is 4.45. The van der Waals surface area contributed by atoms with Crippen molar-refractivity contribution in [1.82, 2.24) is 0 Å². The quantitative estimate of drug-likeness (QED) is 0.352. The minimum absolute atomic E-state index is 0.0592. The van der Waals surface area contributed by atoms with Gasteiger partial charge in [-0.25, -0.2) is 9.18 Å². The number of hydrogen-bond acceptors (Lipinski definition) is 4. The molecule has 0 aliphatic rings. The van der Waals surface area contributed by atoms with Crippen molar-refractivity contribution >= 4 is 56.9 Å². The van der Waals surface area contributed by atoms with Crippen molar-refractivity contribution in [3.05, 3.63) is 88.1 Å². The average Bonchev–Trinajstić information content (AvgIpc) is 2.76. The number of rotatable bonds is 7. The van der Waals surface area contributed by atoms with Crippen molar-refractivity contribution in [3.8, 4) is 0 Å². The molecule has 3 N–H and O–H groups in total. The molecule has 3 rings (SSSR count). The van der Waals surface area contributed by atoms with Crippen LogP contribution in [0, 0.1) is 5.82 Å². The first-order chi connectivity index (χ1) is 15.2. The molecule has 32 heavy (non-hydrogen) atoms. The third kappa shape index (κ3) is 5.95. The Morgan fingerprint density at radius 3 is 2.25 bits per heavy atom. The molecule has 6 nitrogen and oxygen atoms in total. The molecule has 0 aliphatic carbocycles. The van der Waals surface area contributed by atoms with Crippen molar-refractivity contribution in [2.24, 2.45) is 0 Å². The lowest BCUT2D eigenvalue weighted by atomic mass is 10.1. The number of carboxylic acids is 1. The maximum atomic E-state index is 13.9. The predicted molar refractivity (Wildman–Crippen MR) is 126 cm³/mol. The lowest BCUT2D eigenvalue weighted by molar-refractivity contribution is -0.115. The van der Waals surface area contributed by atoms with E-state index in [1.165, 1.54) is 36.0 Å². The summed E-state index contributed by atoms with van der Waals surface area (Å²) in [5.74, 6) is -2.60. The van der Waals surface area contributed by atoms with E-state index in [2.05, 4.69) is 26.6 Å².